The minimum Gasteiger partial charge on any atom is -0.382 e. The number of hydrogen-bond donors (Lipinski definition) is 2. The molecule has 0 saturated carbocycles. The molecule has 0 bridgehead atoms. The Morgan fingerprint density at radius 3 is 2.67 bits per heavy atom. The topological polar surface area (TPSA) is 93.4 Å². The number of rotatable bonds is 4. The van der Waals surface area contributed by atoms with E-state index in [0.717, 1.165) is 13.1 Å². The van der Waals surface area contributed by atoms with E-state index in [1.54, 1.807) is 0 Å². The smallest absolute Gasteiger partial charge is 0.273 e. The number of nitrogens with one attached hydrogen (secondary N) is 1. The van der Waals surface area contributed by atoms with Gasteiger partial charge in [-0.1, -0.05) is 0 Å². The molecule has 0 radical (unpaired) electrons. The fourth-order valence-electron chi connectivity index (χ4n) is 2.55. The molecule has 0 aromatic carbocycles. The number of aromatic nitrogens is 2. The van der Waals surface area contributed by atoms with Crippen LogP contribution in [0.15, 0.2) is 12.4 Å². The number of ether oxygens (including phenoxy) is 1. The maximum absolute atomic E-state index is 12.0. The van der Waals surface area contributed by atoms with Crippen molar-refractivity contribution in [3.05, 3.63) is 18.1 Å². The molecule has 0 unspecified atom stereocenters. The molecule has 1 saturated heterocycles. The molecule has 7 heteroatoms. The van der Waals surface area contributed by atoms with Gasteiger partial charge in [0.15, 0.2) is 11.5 Å². The van der Waals surface area contributed by atoms with Crippen LogP contribution < -0.4 is 11.1 Å². The van der Waals surface area contributed by atoms with Gasteiger partial charge in [0.1, 0.15) is 0 Å². The zero-order valence-corrected chi connectivity index (χ0v) is 12.7. The molecule has 7 nitrogen and oxygen atoms in total. The second-order valence-electron chi connectivity index (χ2n) is 5.56. The third-order valence-electron chi connectivity index (χ3n) is 3.57. The second-order valence-corrected chi connectivity index (χ2v) is 5.56. The Kier molecular flexibility index (Phi) is 5.08. The van der Waals surface area contributed by atoms with Crippen LogP contribution in [0.4, 0.5) is 5.82 Å². The summed E-state index contributed by atoms with van der Waals surface area (Å²) in [5.41, 5.74) is 5.82. The zero-order valence-electron chi connectivity index (χ0n) is 12.7. The highest BCUT2D eigenvalue weighted by atomic mass is 16.5. The first kappa shape index (κ1) is 15.7. The van der Waals surface area contributed by atoms with E-state index in [2.05, 4.69) is 41.0 Å². The number of nitrogens with zero attached hydrogens (tertiary/aromatic N) is 3. The van der Waals surface area contributed by atoms with Crippen molar-refractivity contribution in [2.45, 2.75) is 39.0 Å². The number of carbonyl (C=O) groups excluding carboxylic acids is 1. The third kappa shape index (κ3) is 4.12. The van der Waals surface area contributed by atoms with E-state index < -0.39 is 0 Å². The molecule has 1 aromatic rings. The summed E-state index contributed by atoms with van der Waals surface area (Å²) in [4.78, 5) is 22.2. The number of morpholine rings is 1. The first-order chi connectivity index (χ1) is 9.97. The fourth-order valence-corrected chi connectivity index (χ4v) is 2.55. The molecular weight excluding hydrogens is 270 g/mol. The number of anilines is 1. The van der Waals surface area contributed by atoms with Crippen LogP contribution in [0, 0.1) is 0 Å². The lowest BCUT2D eigenvalue weighted by Gasteiger charge is -2.38. The average Bonchev–Trinajstić information content (AvgIpc) is 2.43. The van der Waals surface area contributed by atoms with Gasteiger partial charge in [0.25, 0.3) is 5.91 Å². The highest BCUT2D eigenvalue weighted by Gasteiger charge is 2.26. The second kappa shape index (κ2) is 6.82. The molecule has 0 aliphatic carbocycles. The normalized spacial score (nSPS) is 24.5. The maximum Gasteiger partial charge on any atom is 0.273 e. The molecule has 3 N–H and O–H groups in total. The summed E-state index contributed by atoms with van der Waals surface area (Å²) in [5, 5.41) is 2.86. The predicted molar refractivity (Wildman–Crippen MR) is 79.8 cm³/mol. The van der Waals surface area contributed by atoms with E-state index in [1.165, 1.54) is 12.4 Å². The zero-order chi connectivity index (χ0) is 15.4. The molecule has 1 fully saturated rings. The molecule has 21 heavy (non-hydrogen) atoms. The van der Waals surface area contributed by atoms with Crippen LogP contribution >= 0.6 is 0 Å². The van der Waals surface area contributed by atoms with Crippen LogP contribution in [-0.2, 0) is 4.74 Å². The summed E-state index contributed by atoms with van der Waals surface area (Å²) in [6, 6.07) is 0.223. The Morgan fingerprint density at radius 2 is 2.05 bits per heavy atom. The SMILES string of the molecule is C[C@@H]1CN([C@@H](C)CNC(=O)c2nccnc2N)C[C@@H](C)O1. The maximum atomic E-state index is 12.0. The van der Waals surface area contributed by atoms with E-state index in [9.17, 15) is 4.79 Å². The summed E-state index contributed by atoms with van der Waals surface area (Å²) >= 11 is 0. The number of nitrogens with two attached hydrogens (primary N) is 1. The summed E-state index contributed by atoms with van der Waals surface area (Å²) < 4.78 is 5.71. The Balaban J connectivity index is 1.87. The van der Waals surface area contributed by atoms with E-state index >= 15 is 0 Å². The lowest BCUT2D eigenvalue weighted by molar-refractivity contribution is -0.0778. The fraction of sp³-hybridized carbons (Fsp3) is 0.643. The molecule has 0 spiro atoms. The third-order valence-corrected chi connectivity index (χ3v) is 3.57. The molecular formula is C14H23N5O2. The van der Waals surface area contributed by atoms with Gasteiger partial charge in [-0.3, -0.25) is 9.69 Å². The van der Waals surface area contributed by atoms with Crippen molar-refractivity contribution in [3.8, 4) is 0 Å². The van der Waals surface area contributed by atoms with Crippen LogP contribution in [-0.4, -0.2) is 58.7 Å². The minimum atomic E-state index is -0.290. The quantitative estimate of drug-likeness (QED) is 0.828. The van der Waals surface area contributed by atoms with Gasteiger partial charge < -0.3 is 15.8 Å². The van der Waals surface area contributed by atoms with Gasteiger partial charge in [0, 0.05) is 38.1 Å². The Hall–Kier alpha value is -1.73. The number of nitrogen functional groups attached to an aromatic ring is 1. The van der Waals surface area contributed by atoms with Crippen molar-refractivity contribution in [2.24, 2.45) is 0 Å². The molecule has 1 aliphatic heterocycles. The van der Waals surface area contributed by atoms with Crippen LogP contribution in [0.5, 0.6) is 0 Å². The molecule has 2 heterocycles. The molecule has 1 amide bonds. The van der Waals surface area contributed by atoms with Crippen molar-refractivity contribution in [3.63, 3.8) is 0 Å². The van der Waals surface area contributed by atoms with E-state index in [0.29, 0.717) is 6.54 Å². The largest absolute Gasteiger partial charge is 0.382 e. The van der Waals surface area contributed by atoms with Gasteiger partial charge in [-0.25, -0.2) is 9.97 Å². The summed E-state index contributed by atoms with van der Waals surface area (Å²) in [5.74, 6) is -0.141. The van der Waals surface area contributed by atoms with Crippen LogP contribution in [0.3, 0.4) is 0 Å². The van der Waals surface area contributed by atoms with Crippen molar-refractivity contribution < 1.29 is 9.53 Å². The van der Waals surface area contributed by atoms with Gasteiger partial charge in [0.05, 0.1) is 12.2 Å². The van der Waals surface area contributed by atoms with Crippen molar-refractivity contribution >= 4 is 11.7 Å². The van der Waals surface area contributed by atoms with Gasteiger partial charge in [-0.2, -0.15) is 0 Å². The molecule has 1 aromatic heterocycles. The van der Waals surface area contributed by atoms with E-state index in [1.807, 2.05) is 0 Å². The van der Waals surface area contributed by atoms with E-state index in [4.69, 9.17) is 10.5 Å². The Bertz CT molecular complexity index is 486. The van der Waals surface area contributed by atoms with Gasteiger partial charge >= 0.3 is 0 Å². The van der Waals surface area contributed by atoms with Crippen LogP contribution in [0.25, 0.3) is 0 Å². The molecule has 2 rings (SSSR count). The van der Waals surface area contributed by atoms with Gasteiger partial charge in [-0.15, -0.1) is 0 Å². The first-order valence-corrected chi connectivity index (χ1v) is 7.21. The molecule has 116 valence electrons. The highest BCUT2D eigenvalue weighted by Crippen LogP contribution is 2.13. The average molecular weight is 293 g/mol. The first-order valence-electron chi connectivity index (χ1n) is 7.21. The Labute approximate surface area is 124 Å². The number of carbonyl (C=O) groups is 1. The van der Waals surface area contributed by atoms with Gasteiger partial charge in [-0.05, 0) is 20.8 Å². The summed E-state index contributed by atoms with van der Waals surface area (Å²) in [7, 11) is 0. The monoisotopic (exact) mass is 293 g/mol. The van der Waals surface area contributed by atoms with Gasteiger partial charge in [0.2, 0.25) is 0 Å². The highest BCUT2D eigenvalue weighted by molar-refractivity contribution is 5.96. The predicted octanol–water partition coefficient (Wildman–Crippen LogP) is 0.286. The molecule has 1 aliphatic rings. The van der Waals surface area contributed by atoms with Crippen molar-refractivity contribution in [1.82, 2.24) is 20.2 Å². The lowest BCUT2D eigenvalue weighted by atomic mass is 10.1. The number of hydrogen-bond acceptors (Lipinski definition) is 6. The molecule has 3 atom stereocenters. The standard InChI is InChI=1S/C14H23N5O2/c1-9(19-7-10(2)21-11(3)8-19)6-18-14(20)12-13(15)17-5-4-16-12/h4-5,9-11H,6-8H2,1-3H3,(H2,15,17)(H,18,20)/t9-,10+,11+/m0/s1. The number of amides is 1. The van der Waals surface area contributed by atoms with Crippen LogP contribution in [0.1, 0.15) is 31.3 Å². The Morgan fingerprint density at radius 1 is 1.43 bits per heavy atom. The van der Waals surface area contributed by atoms with Crippen LogP contribution in [0.2, 0.25) is 0 Å². The van der Waals surface area contributed by atoms with Crippen molar-refractivity contribution in [1.29, 1.82) is 0 Å². The lowest BCUT2D eigenvalue weighted by Crippen LogP contribution is -2.52. The summed E-state index contributed by atoms with van der Waals surface area (Å²) in [6.07, 6.45) is 3.34. The van der Waals surface area contributed by atoms with Crippen molar-refractivity contribution in [2.75, 3.05) is 25.4 Å². The van der Waals surface area contributed by atoms with E-state index in [-0.39, 0.29) is 35.7 Å². The minimum absolute atomic E-state index is 0.149. The summed E-state index contributed by atoms with van der Waals surface area (Å²) in [6.45, 7) is 8.49.